The number of anilines is 1. The lowest BCUT2D eigenvalue weighted by molar-refractivity contribution is -0.136. The number of fused-ring (bicyclic) bond motifs is 2. The van der Waals surface area contributed by atoms with E-state index in [9.17, 15) is 19.2 Å². The number of benzene rings is 2. The predicted octanol–water partition coefficient (Wildman–Crippen LogP) is 4.09. The molecule has 0 aliphatic carbocycles. The molecule has 0 N–H and O–H groups in total. The molecule has 0 saturated carbocycles. The number of rotatable bonds is 4. The van der Waals surface area contributed by atoms with E-state index >= 15 is 0 Å². The summed E-state index contributed by atoms with van der Waals surface area (Å²) < 4.78 is 8.55. The van der Waals surface area contributed by atoms with Crippen LogP contribution in [0.5, 0.6) is 0 Å². The van der Waals surface area contributed by atoms with Gasteiger partial charge in [-0.05, 0) is 42.0 Å². The fourth-order valence-electron chi connectivity index (χ4n) is 5.18. The van der Waals surface area contributed by atoms with Crippen LogP contribution in [0, 0.1) is 5.92 Å². The number of carbonyl (C=O) groups is 3. The van der Waals surface area contributed by atoms with Crippen molar-refractivity contribution in [2.45, 2.75) is 22.7 Å². The Hall–Kier alpha value is -2.25. The number of morpholine rings is 1. The summed E-state index contributed by atoms with van der Waals surface area (Å²) in [6.07, 6.45) is 0. The summed E-state index contributed by atoms with van der Waals surface area (Å²) >= 11 is 9.15. The van der Waals surface area contributed by atoms with E-state index in [4.69, 9.17) is 4.74 Å². The summed E-state index contributed by atoms with van der Waals surface area (Å²) in [5, 5.41) is -0.124. The molecule has 2 saturated heterocycles. The van der Waals surface area contributed by atoms with Crippen molar-refractivity contribution in [3.63, 3.8) is 0 Å². The summed E-state index contributed by atoms with van der Waals surface area (Å²) in [7, 11) is 0. The number of carbonyl (C=O) groups excluding carboxylic acids is 3. The second kappa shape index (κ2) is 10.4. The van der Waals surface area contributed by atoms with Gasteiger partial charge >= 0.3 is 4.87 Å². The second-order valence-electron chi connectivity index (χ2n) is 9.20. The first-order valence-electron chi connectivity index (χ1n) is 12.0. The third-order valence-electron chi connectivity index (χ3n) is 7.02. The highest BCUT2D eigenvalue weighted by Crippen LogP contribution is 2.54. The van der Waals surface area contributed by atoms with Crippen molar-refractivity contribution in [2.24, 2.45) is 5.92 Å². The lowest BCUT2D eigenvalue weighted by Gasteiger charge is -2.31. The van der Waals surface area contributed by atoms with Gasteiger partial charge in [-0.3, -0.25) is 23.7 Å². The van der Waals surface area contributed by atoms with E-state index in [1.54, 1.807) is 29.2 Å². The molecule has 2 aromatic carbocycles. The number of aromatic nitrogens is 1. The average Bonchev–Trinajstić information content (AvgIpc) is 3.36. The van der Waals surface area contributed by atoms with Gasteiger partial charge in [0.25, 0.3) is 0 Å². The van der Waals surface area contributed by atoms with Crippen LogP contribution < -0.4 is 9.77 Å². The minimum atomic E-state index is -0.717. The number of thioether (sulfide) groups is 1. The second-order valence-corrected chi connectivity index (χ2v) is 13.2. The van der Waals surface area contributed by atoms with Crippen LogP contribution in [0.4, 0.5) is 5.69 Å². The van der Waals surface area contributed by atoms with Gasteiger partial charge < -0.3 is 9.64 Å². The number of halogens is 2. The van der Waals surface area contributed by atoms with Crippen LogP contribution in [0.2, 0.25) is 0 Å². The lowest BCUT2D eigenvalue weighted by Crippen LogP contribution is -2.43. The third kappa shape index (κ3) is 4.49. The molecule has 3 aliphatic rings. The maximum Gasteiger partial charge on any atom is 0.308 e. The Morgan fingerprint density at radius 3 is 2.21 bits per heavy atom. The minimum Gasteiger partial charge on any atom is -0.378 e. The summed E-state index contributed by atoms with van der Waals surface area (Å²) in [5.41, 5.74) is 1.35. The van der Waals surface area contributed by atoms with Crippen LogP contribution in [0.1, 0.15) is 16.4 Å². The van der Waals surface area contributed by atoms with Crippen molar-refractivity contribution in [1.82, 2.24) is 9.47 Å². The zero-order valence-corrected chi connectivity index (χ0v) is 24.6. The van der Waals surface area contributed by atoms with E-state index in [1.807, 2.05) is 24.3 Å². The maximum atomic E-state index is 13.9. The average molecular weight is 679 g/mol. The molecule has 3 unspecified atom stereocenters. The zero-order valence-electron chi connectivity index (χ0n) is 19.8. The van der Waals surface area contributed by atoms with Crippen LogP contribution in [0.25, 0.3) is 0 Å². The molecule has 38 heavy (non-hydrogen) atoms. The quantitative estimate of drug-likeness (QED) is 0.387. The van der Waals surface area contributed by atoms with Gasteiger partial charge in [0.2, 0.25) is 17.7 Å². The van der Waals surface area contributed by atoms with E-state index in [0.717, 1.165) is 30.7 Å². The van der Waals surface area contributed by atoms with Crippen molar-refractivity contribution in [3.8, 4) is 0 Å². The minimum absolute atomic E-state index is 0.110. The van der Waals surface area contributed by atoms with E-state index in [-0.39, 0.29) is 29.1 Å². The highest BCUT2D eigenvalue weighted by atomic mass is 79.9. The molecule has 196 valence electrons. The molecule has 4 heterocycles. The molecule has 6 rings (SSSR count). The number of ether oxygens (including phenoxy) is 1. The van der Waals surface area contributed by atoms with E-state index in [0.29, 0.717) is 37.0 Å². The highest BCUT2D eigenvalue weighted by molar-refractivity contribution is 9.10. The molecule has 3 aromatic rings. The fourth-order valence-corrected chi connectivity index (χ4v) is 8.48. The van der Waals surface area contributed by atoms with E-state index in [2.05, 4.69) is 31.9 Å². The van der Waals surface area contributed by atoms with Gasteiger partial charge in [-0.2, -0.15) is 0 Å². The molecule has 3 atom stereocenters. The lowest BCUT2D eigenvalue weighted by atomic mass is 9.83. The summed E-state index contributed by atoms with van der Waals surface area (Å²) in [6.45, 7) is 1.79. The van der Waals surface area contributed by atoms with Crippen LogP contribution in [-0.2, 0) is 25.7 Å². The Bertz CT molecular complexity index is 1480. The van der Waals surface area contributed by atoms with Gasteiger partial charge in [0.15, 0.2) is 0 Å². The molecule has 2 fully saturated rings. The smallest absolute Gasteiger partial charge is 0.308 e. The maximum absolute atomic E-state index is 13.9. The largest absolute Gasteiger partial charge is 0.378 e. The highest BCUT2D eigenvalue weighted by Gasteiger charge is 2.56. The number of amides is 3. The van der Waals surface area contributed by atoms with Crippen LogP contribution in [0.15, 0.2) is 67.3 Å². The number of thiazole rings is 1. The Kier molecular flexibility index (Phi) is 7.10. The fraction of sp³-hybridized carbons (Fsp3) is 0.308. The van der Waals surface area contributed by atoms with Crippen molar-refractivity contribution in [3.05, 3.63) is 77.6 Å². The first-order chi connectivity index (χ1) is 18.3. The van der Waals surface area contributed by atoms with Crippen molar-refractivity contribution < 1.29 is 19.1 Å². The Balaban J connectivity index is 1.43. The van der Waals surface area contributed by atoms with Gasteiger partial charge in [0.1, 0.15) is 11.8 Å². The molecule has 0 radical (unpaired) electrons. The van der Waals surface area contributed by atoms with Crippen LogP contribution in [0.3, 0.4) is 0 Å². The molecule has 3 aliphatic heterocycles. The monoisotopic (exact) mass is 677 g/mol. The third-order valence-corrected chi connectivity index (χ3v) is 10.7. The van der Waals surface area contributed by atoms with Crippen LogP contribution >= 0.6 is 55.0 Å². The molecule has 8 nitrogen and oxygen atoms in total. The van der Waals surface area contributed by atoms with Gasteiger partial charge in [-0.25, -0.2) is 4.90 Å². The summed E-state index contributed by atoms with van der Waals surface area (Å²) in [5.74, 6) is -1.93. The predicted molar refractivity (Wildman–Crippen MR) is 152 cm³/mol. The number of hydrogen-bond donors (Lipinski definition) is 0. The normalized spacial score (nSPS) is 22.9. The Morgan fingerprint density at radius 2 is 1.55 bits per heavy atom. The number of hydrogen-bond acceptors (Lipinski definition) is 7. The summed E-state index contributed by atoms with van der Waals surface area (Å²) in [6, 6.07) is 14.7. The molecular weight excluding hydrogens is 658 g/mol. The number of imide groups is 1. The Morgan fingerprint density at radius 1 is 0.921 bits per heavy atom. The molecule has 3 amide bonds. The first kappa shape index (κ1) is 26.0. The first-order valence-corrected chi connectivity index (χ1v) is 15.3. The SMILES string of the molecule is O=C(Cn1c2c(sc1=O)C(c1ccc(Br)cc1)C1C(=O)N(c3ccc(Br)cc3)C(=O)C1S2)N1CCOCC1. The van der Waals surface area contributed by atoms with Crippen molar-refractivity contribution >= 4 is 78.4 Å². The topological polar surface area (TPSA) is 88.9 Å². The standard InChI is InChI=1S/C26H21Br2N3O5S2/c27-15-3-1-14(2-4-15)19-20-21(24(34)31(23(20)33)17-7-5-16(28)6-8-17)37-25-22(19)38-26(35)30(25)13-18(32)29-9-11-36-12-10-29/h1-8,19-21H,9-13H2. The van der Waals surface area contributed by atoms with Gasteiger partial charge in [-0.1, -0.05) is 67.1 Å². The van der Waals surface area contributed by atoms with Gasteiger partial charge in [0, 0.05) is 32.8 Å². The van der Waals surface area contributed by atoms with Crippen molar-refractivity contribution in [1.29, 1.82) is 0 Å². The van der Waals surface area contributed by atoms with E-state index in [1.165, 1.54) is 21.2 Å². The van der Waals surface area contributed by atoms with Gasteiger partial charge in [0.05, 0.1) is 29.8 Å². The molecule has 0 spiro atoms. The zero-order chi connectivity index (χ0) is 26.6. The summed E-state index contributed by atoms with van der Waals surface area (Å²) in [4.78, 5) is 57.4. The van der Waals surface area contributed by atoms with Crippen molar-refractivity contribution in [2.75, 3.05) is 31.2 Å². The van der Waals surface area contributed by atoms with Gasteiger partial charge in [-0.15, -0.1) is 0 Å². The molecule has 1 aromatic heterocycles. The molecule has 0 bridgehead atoms. The molecule has 12 heteroatoms. The molecular formula is C26H21Br2N3O5S2. The Labute approximate surface area is 243 Å². The number of nitrogens with zero attached hydrogens (tertiary/aromatic N) is 3. The van der Waals surface area contributed by atoms with Crippen LogP contribution in [-0.4, -0.2) is 58.7 Å². The van der Waals surface area contributed by atoms with E-state index < -0.39 is 17.1 Å².